The molecule has 0 spiro atoms. The van der Waals surface area contributed by atoms with Crippen LogP contribution >= 0.6 is 23.2 Å². The Morgan fingerprint density at radius 1 is 1.12 bits per heavy atom. The number of rotatable bonds is 4. The molecular weight excluding hydrogens is 383 g/mol. The lowest BCUT2D eigenvalue weighted by atomic mass is 9.96. The number of carbonyl (C=O) groups is 1. The van der Waals surface area contributed by atoms with Crippen LogP contribution in [0.15, 0.2) is 42.5 Å². The summed E-state index contributed by atoms with van der Waals surface area (Å²) in [4.78, 5) is 10.9. The number of benzene rings is 2. The molecule has 2 aromatic rings. The second-order valence-corrected chi connectivity index (χ2v) is 5.97. The molecule has 0 heterocycles. The van der Waals surface area contributed by atoms with E-state index in [2.05, 4.69) is 0 Å². The molecule has 1 N–H and O–H groups in total. The molecule has 0 aromatic heterocycles. The average molecular weight is 393 g/mol. The molecule has 0 aliphatic heterocycles. The number of carboxylic acid groups (broad SMARTS) is 1. The molecule has 25 heavy (non-hydrogen) atoms. The van der Waals surface area contributed by atoms with Crippen LogP contribution in [0.1, 0.15) is 27.4 Å². The van der Waals surface area contributed by atoms with Crippen LogP contribution in [-0.4, -0.2) is 17.3 Å². The minimum absolute atomic E-state index is 0.0317. The zero-order valence-electron chi connectivity index (χ0n) is 12.3. The molecule has 0 fully saturated rings. The van der Waals surface area contributed by atoms with Gasteiger partial charge in [-0.25, -0.2) is 9.18 Å². The van der Waals surface area contributed by atoms with Gasteiger partial charge in [0, 0.05) is 15.6 Å². The molecule has 2 aromatic carbocycles. The predicted octanol–water partition coefficient (Wildman–Crippen LogP) is 6.19. The third-order valence-electron chi connectivity index (χ3n) is 3.32. The van der Waals surface area contributed by atoms with Gasteiger partial charge in [-0.2, -0.15) is 13.2 Å². The Hall–Kier alpha value is -2.05. The maximum absolute atomic E-state index is 14.0. The van der Waals surface area contributed by atoms with Gasteiger partial charge >= 0.3 is 12.1 Å². The summed E-state index contributed by atoms with van der Waals surface area (Å²) in [6.45, 7) is 0. The molecule has 2 nitrogen and oxygen atoms in total. The monoisotopic (exact) mass is 392 g/mol. The highest BCUT2D eigenvalue weighted by atomic mass is 35.5. The van der Waals surface area contributed by atoms with Crippen LogP contribution < -0.4 is 0 Å². The van der Waals surface area contributed by atoms with Gasteiger partial charge in [0.2, 0.25) is 0 Å². The van der Waals surface area contributed by atoms with Crippen molar-refractivity contribution in [3.05, 3.63) is 75.0 Å². The molecule has 1 atom stereocenters. The fourth-order valence-corrected chi connectivity index (χ4v) is 2.75. The van der Waals surface area contributed by atoms with Crippen molar-refractivity contribution in [2.75, 3.05) is 0 Å². The zero-order chi connectivity index (χ0) is 18.8. The summed E-state index contributed by atoms with van der Waals surface area (Å²) < 4.78 is 54.1. The lowest BCUT2D eigenvalue weighted by molar-refractivity contribution is -0.139. The largest absolute Gasteiger partial charge is 0.478 e. The first-order valence-corrected chi connectivity index (χ1v) is 7.58. The van der Waals surface area contributed by atoms with Gasteiger partial charge in [-0.05, 0) is 29.8 Å². The molecule has 132 valence electrons. The van der Waals surface area contributed by atoms with Gasteiger partial charge in [-0.1, -0.05) is 47.5 Å². The maximum Gasteiger partial charge on any atom is 0.399 e. The van der Waals surface area contributed by atoms with Crippen molar-refractivity contribution in [3.63, 3.8) is 0 Å². The van der Waals surface area contributed by atoms with Gasteiger partial charge in [0.05, 0.1) is 11.5 Å². The van der Waals surface area contributed by atoms with Gasteiger partial charge in [0.25, 0.3) is 0 Å². The van der Waals surface area contributed by atoms with Crippen molar-refractivity contribution in [3.8, 4) is 0 Å². The van der Waals surface area contributed by atoms with E-state index < -0.39 is 29.4 Å². The van der Waals surface area contributed by atoms with Crippen molar-refractivity contribution in [1.29, 1.82) is 0 Å². The Kier molecular flexibility index (Phi) is 5.75. The smallest absolute Gasteiger partial charge is 0.399 e. The van der Waals surface area contributed by atoms with Crippen LogP contribution in [-0.2, 0) is 0 Å². The van der Waals surface area contributed by atoms with Crippen LogP contribution in [0.2, 0.25) is 10.0 Å². The Morgan fingerprint density at radius 3 is 2.24 bits per heavy atom. The highest BCUT2D eigenvalue weighted by Crippen LogP contribution is 2.38. The van der Waals surface area contributed by atoms with Crippen LogP contribution in [0.25, 0.3) is 6.08 Å². The second-order valence-electron chi connectivity index (χ2n) is 5.10. The van der Waals surface area contributed by atoms with Crippen molar-refractivity contribution in [1.82, 2.24) is 0 Å². The molecule has 0 aliphatic rings. The Labute approximate surface area is 150 Å². The van der Waals surface area contributed by atoms with Gasteiger partial charge < -0.3 is 5.11 Å². The molecule has 0 saturated heterocycles. The number of halogens is 6. The lowest BCUT2D eigenvalue weighted by Crippen LogP contribution is -2.19. The number of allylic oxidation sites excluding steroid dienone is 1. The molecule has 0 amide bonds. The lowest BCUT2D eigenvalue weighted by Gasteiger charge is -2.18. The van der Waals surface area contributed by atoms with E-state index in [0.29, 0.717) is 0 Å². The van der Waals surface area contributed by atoms with E-state index in [-0.39, 0.29) is 21.2 Å². The Balaban J connectivity index is 2.47. The summed E-state index contributed by atoms with van der Waals surface area (Å²) in [5, 5.41) is 8.93. The zero-order valence-corrected chi connectivity index (χ0v) is 13.8. The first-order valence-electron chi connectivity index (χ1n) is 6.82. The summed E-state index contributed by atoms with van der Waals surface area (Å²) in [7, 11) is 0. The molecular formula is C17H10Cl2F4O2. The average Bonchev–Trinajstić information content (AvgIpc) is 2.46. The third kappa shape index (κ3) is 4.74. The molecule has 8 heteroatoms. The summed E-state index contributed by atoms with van der Waals surface area (Å²) in [5.41, 5.74) is -1.12. The van der Waals surface area contributed by atoms with E-state index in [0.717, 1.165) is 30.4 Å². The quantitative estimate of drug-likeness (QED) is 0.629. The standard InChI is InChI=1S/C17H10Cl2F4O2/c18-11-6-10(7-12(19)8-11)14(17(21,22)23)5-4-9-2-1-3-13(15(9)20)16(24)25/h1-8,14H,(H,24,25)/b5-4+. The van der Waals surface area contributed by atoms with Crippen molar-refractivity contribution < 1.29 is 27.5 Å². The minimum atomic E-state index is -4.68. The van der Waals surface area contributed by atoms with E-state index in [1.54, 1.807) is 0 Å². The third-order valence-corrected chi connectivity index (χ3v) is 3.76. The highest BCUT2D eigenvalue weighted by molar-refractivity contribution is 6.34. The Bertz CT molecular complexity index is 812. The summed E-state index contributed by atoms with van der Waals surface area (Å²) in [6, 6.07) is 6.95. The summed E-state index contributed by atoms with van der Waals surface area (Å²) in [6.07, 6.45) is -3.06. The molecule has 0 bridgehead atoms. The fourth-order valence-electron chi connectivity index (χ4n) is 2.21. The van der Waals surface area contributed by atoms with Crippen LogP contribution in [0.3, 0.4) is 0 Å². The minimum Gasteiger partial charge on any atom is -0.478 e. The van der Waals surface area contributed by atoms with Gasteiger partial charge in [0.1, 0.15) is 5.82 Å². The number of hydrogen-bond acceptors (Lipinski definition) is 1. The number of carboxylic acids is 1. The topological polar surface area (TPSA) is 37.3 Å². The molecule has 1 unspecified atom stereocenters. The van der Waals surface area contributed by atoms with E-state index in [4.69, 9.17) is 28.3 Å². The van der Waals surface area contributed by atoms with Crippen molar-refractivity contribution >= 4 is 35.2 Å². The van der Waals surface area contributed by atoms with E-state index in [9.17, 15) is 22.4 Å². The van der Waals surface area contributed by atoms with Crippen LogP contribution in [0.5, 0.6) is 0 Å². The SMILES string of the molecule is O=C(O)c1cccc(/C=C/C(c2cc(Cl)cc(Cl)c2)C(F)(F)F)c1F. The summed E-state index contributed by atoms with van der Waals surface area (Å²) >= 11 is 11.5. The van der Waals surface area contributed by atoms with Crippen LogP contribution in [0, 0.1) is 5.82 Å². The fraction of sp³-hybridized carbons (Fsp3) is 0.118. The number of alkyl halides is 3. The maximum atomic E-state index is 14.0. The predicted molar refractivity (Wildman–Crippen MR) is 87.7 cm³/mol. The van der Waals surface area contributed by atoms with Crippen molar-refractivity contribution in [2.24, 2.45) is 0 Å². The molecule has 2 rings (SSSR count). The van der Waals surface area contributed by atoms with Gasteiger partial charge in [0.15, 0.2) is 0 Å². The van der Waals surface area contributed by atoms with Crippen LogP contribution in [0.4, 0.5) is 17.6 Å². The first-order chi connectivity index (χ1) is 11.6. The Morgan fingerprint density at radius 2 is 1.72 bits per heavy atom. The molecule has 0 saturated carbocycles. The second kappa shape index (κ2) is 7.45. The highest BCUT2D eigenvalue weighted by Gasteiger charge is 2.39. The van der Waals surface area contributed by atoms with Crippen molar-refractivity contribution in [2.45, 2.75) is 12.1 Å². The summed E-state index contributed by atoms with van der Waals surface area (Å²) in [5.74, 6) is -4.71. The normalized spacial score (nSPS) is 13.2. The van der Waals surface area contributed by atoms with E-state index in [1.807, 2.05) is 0 Å². The van der Waals surface area contributed by atoms with E-state index >= 15 is 0 Å². The molecule has 0 radical (unpaired) electrons. The molecule has 0 aliphatic carbocycles. The first kappa shape index (κ1) is 19.3. The number of hydrogen-bond donors (Lipinski definition) is 1. The van der Waals surface area contributed by atoms with Gasteiger partial charge in [-0.3, -0.25) is 0 Å². The van der Waals surface area contributed by atoms with Gasteiger partial charge in [-0.15, -0.1) is 0 Å². The van der Waals surface area contributed by atoms with E-state index in [1.165, 1.54) is 18.2 Å². The number of aromatic carboxylic acids is 1.